The summed E-state index contributed by atoms with van der Waals surface area (Å²) in [6.45, 7) is 4.52. The number of anilines is 1. The van der Waals surface area contributed by atoms with Crippen molar-refractivity contribution >= 4 is 5.82 Å². The number of nitrogens with one attached hydrogen (secondary N) is 1. The Morgan fingerprint density at radius 1 is 1.50 bits per heavy atom. The Hall–Kier alpha value is -1.09. The van der Waals surface area contributed by atoms with Gasteiger partial charge in [0.05, 0.1) is 6.61 Å². The van der Waals surface area contributed by atoms with Crippen molar-refractivity contribution in [3.05, 3.63) is 23.9 Å². The van der Waals surface area contributed by atoms with Gasteiger partial charge in [-0.15, -0.1) is 0 Å². The molecule has 3 heteroatoms. The first kappa shape index (κ1) is 11.4. The van der Waals surface area contributed by atoms with E-state index in [1.165, 1.54) is 19.3 Å². The van der Waals surface area contributed by atoms with Gasteiger partial charge >= 0.3 is 0 Å². The highest BCUT2D eigenvalue weighted by molar-refractivity contribution is 5.42. The Bertz CT molecular complexity index is 323. The highest BCUT2D eigenvalue weighted by atomic mass is 16.5. The van der Waals surface area contributed by atoms with Crippen molar-refractivity contribution in [3.63, 3.8) is 0 Å². The van der Waals surface area contributed by atoms with Crippen LogP contribution in [0.5, 0.6) is 0 Å². The molecule has 0 bridgehead atoms. The highest BCUT2D eigenvalue weighted by Gasteiger charge is 2.20. The summed E-state index contributed by atoms with van der Waals surface area (Å²) in [5, 5.41) is 3.25. The quantitative estimate of drug-likeness (QED) is 0.717. The fourth-order valence-electron chi connectivity index (χ4n) is 1.72. The summed E-state index contributed by atoms with van der Waals surface area (Å²) in [6.07, 6.45) is 5.83. The molecule has 0 atom stereocenters. The Balaban J connectivity index is 1.77. The fraction of sp³-hybridized carbons (Fsp3) is 0.615. The molecule has 1 fully saturated rings. The Labute approximate surface area is 97.2 Å². The maximum Gasteiger partial charge on any atom is 0.131 e. The number of aromatic nitrogens is 1. The summed E-state index contributed by atoms with van der Waals surface area (Å²) in [6, 6.07) is 4.03. The van der Waals surface area contributed by atoms with Crippen molar-refractivity contribution in [3.8, 4) is 0 Å². The fourth-order valence-corrected chi connectivity index (χ4v) is 1.72. The van der Waals surface area contributed by atoms with Crippen LogP contribution in [-0.4, -0.2) is 18.1 Å². The minimum Gasteiger partial charge on any atom is -0.377 e. The lowest BCUT2D eigenvalue weighted by atomic mass is 10.2. The van der Waals surface area contributed by atoms with Crippen molar-refractivity contribution in [2.24, 2.45) is 5.92 Å². The van der Waals surface area contributed by atoms with E-state index < -0.39 is 0 Å². The van der Waals surface area contributed by atoms with Gasteiger partial charge in [-0.25, -0.2) is 4.98 Å². The average Bonchev–Trinajstić information content (AvgIpc) is 3.11. The predicted molar refractivity (Wildman–Crippen MR) is 65.4 cm³/mol. The number of hydrogen-bond acceptors (Lipinski definition) is 3. The van der Waals surface area contributed by atoms with Crippen molar-refractivity contribution in [2.75, 3.05) is 18.5 Å². The van der Waals surface area contributed by atoms with Gasteiger partial charge in [0, 0.05) is 24.9 Å². The summed E-state index contributed by atoms with van der Waals surface area (Å²) in [5.41, 5.74) is 1.15. The van der Waals surface area contributed by atoms with Crippen molar-refractivity contribution in [2.45, 2.75) is 32.8 Å². The molecule has 0 aromatic carbocycles. The van der Waals surface area contributed by atoms with Gasteiger partial charge in [-0.2, -0.15) is 0 Å². The second-order valence-electron chi connectivity index (χ2n) is 4.33. The number of hydrogen-bond donors (Lipinski definition) is 1. The van der Waals surface area contributed by atoms with E-state index in [-0.39, 0.29) is 0 Å². The highest BCUT2D eigenvalue weighted by Crippen LogP contribution is 2.32. The van der Waals surface area contributed by atoms with Crippen LogP contribution in [0.15, 0.2) is 18.3 Å². The first-order valence-electron chi connectivity index (χ1n) is 6.15. The van der Waals surface area contributed by atoms with E-state index in [4.69, 9.17) is 4.74 Å². The standard InChI is InChI=1S/C13H20N2O/c1-2-14-13-12(4-3-8-15-13)10-16-9-7-11-5-6-11/h3-4,8,11H,2,5-7,9-10H2,1H3,(H,14,15). The second kappa shape index (κ2) is 5.85. The van der Waals surface area contributed by atoms with Crippen LogP contribution >= 0.6 is 0 Å². The Morgan fingerprint density at radius 3 is 3.12 bits per heavy atom. The minimum atomic E-state index is 0.670. The van der Waals surface area contributed by atoms with E-state index in [1.807, 2.05) is 12.3 Å². The van der Waals surface area contributed by atoms with Gasteiger partial charge < -0.3 is 10.1 Å². The van der Waals surface area contributed by atoms with Gasteiger partial charge in [0.1, 0.15) is 5.82 Å². The van der Waals surface area contributed by atoms with Crippen molar-refractivity contribution < 1.29 is 4.74 Å². The van der Waals surface area contributed by atoms with E-state index in [2.05, 4.69) is 23.3 Å². The summed E-state index contributed by atoms with van der Waals surface area (Å²) < 4.78 is 5.68. The van der Waals surface area contributed by atoms with Crippen LogP contribution in [0.1, 0.15) is 31.7 Å². The largest absolute Gasteiger partial charge is 0.377 e. The van der Waals surface area contributed by atoms with E-state index >= 15 is 0 Å². The molecule has 2 rings (SSSR count). The maximum atomic E-state index is 5.68. The number of rotatable bonds is 7. The zero-order chi connectivity index (χ0) is 11.2. The third-order valence-corrected chi connectivity index (χ3v) is 2.86. The van der Waals surface area contributed by atoms with Crippen LogP contribution in [0.3, 0.4) is 0 Å². The normalized spacial score (nSPS) is 15.1. The van der Waals surface area contributed by atoms with Crippen molar-refractivity contribution in [1.29, 1.82) is 0 Å². The van der Waals surface area contributed by atoms with E-state index in [0.717, 1.165) is 30.5 Å². The molecule has 0 spiro atoms. The molecule has 1 aromatic heterocycles. The topological polar surface area (TPSA) is 34.2 Å². The molecule has 88 valence electrons. The SMILES string of the molecule is CCNc1ncccc1COCCC1CC1. The summed E-state index contributed by atoms with van der Waals surface area (Å²) in [7, 11) is 0. The van der Waals surface area contributed by atoms with Crippen molar-refractivity contribution in [1.82, 2.24) is 4.98 Å². The second-order valence-corrected chi connectivity index (χ2v) is 4.33. The molecule has 0 radical (unpaired) electrons. The molecule has 0 unspecified atom stereocenters. The molecule has 0 aliphatic heterocycles. The van der Waals surface area contributed by atoms with Gasteiger partial charge in [-0.1, -0.05) is 18.9 Å². The molecular formula is C13H20N2O. The van der Waals surface area contributed by atoms with E-state index in [9.17, 15) is 0 Å². The first-order valence-corrected chi connectivity index (χ1v) is 6.15. The van der Waals surface area contributed by atoms with Gasteiger partial charge in [0.15, 0.2) is 0 Å². The molecular weight excluding hydrogens is 200 g/mol. The van der Waals surface area contributed by atoms with Crippen LogP contribution in [0.2, 0.25) is 0 Å². The lowest BCUT2D eigenvalue weighted by molar-refractivity contribution is 0.115. The molecule has 0 saturated heterocycles. The molecule has 1 aliphatic rings. The van der Waals surface area contributed by atoms with Gasteiger partial charge in [0.2, 0.25) is 0 Å². The van der Waals surface area contributed by atoms with Crippen LogP contribution in [0, 0.1) is 5.92 Å². The third-order valence-electron chi connectivity index (χ3n) is 2.86. The Morgan fingerprint density at radius 2 is 2.38 bits per heavy atom. The minimum absolute atomic E-state index is 0.670. The molecule has 1 aromatic rings. The first-order chi connectivity index (χ1) is 7.90. The molecule has 1 N–H and O–H groups in total. The smallest absolute Gasteiger partial charge is 0.131 e. The molecule has 1 heterocycles. The van der Waals surface area contributed by atoms with E-state index in [0.29, 0.717) is 6.61 Å². The average molecular weight is 220 g/mol. The van der Waals surface area contributed by atoms with Gasteiger partial charge in [-0.3, -0.25) is 0 Å². The maximum absolute atomic E-state index is 5.68. The Kier molecular flexibility index (Phi) is 4.17. The van der Waals surface area contributed by atoms with E-state index in [1.54, 1.807) is 0 Å². The van der Waals surface area contributed by atoms with Crippen LogP contribution < -0.4 is 5.32 Å². The molecule has 0 amide bonds. The lowest BCUT2D eigenvalue weighted by Crippen LogP contribution is -2.05. The molecule has 1 saturated carbocycles. The zero-order valence-electron chi connectivity index (χ0n) is 9.91. The zero-order valence-corrected chi connectivity index (χ0v) is 9.91. The third kappa shape index (κ3) is 3.49. The molecule has 1 aliphatic carbocycles. The summed E-state index contributed by atoms with van der Waals surface area (Å²) in [4.78, 5) is 4.30. The summed E-state index contributed by atoms with van der Waals surface area (Å²) >= 11 is 0. The van der Waals surface area contributed by atoms with Crippen LogP contribution in [0.25, 0.3) is 0 Å². The number of ether oxygens (including phenoxy) is 1. The van der Waals surface area contributed by atoms with Gasteiger partial charge in [0.25, 0.3) is 0 Å². The van der Waals surface area contributed by atoms with Gasteiger partial charge in [-0.05, 0) is 25.3 Å². The number of nitrogens with zero attached hydrogens (tertiary/aromatic N) is 1. The van der Waals surface area contributed by atoms with Crippen LogP contribution in [0.4, 0.5) is 5.82 Å². The molecule has 16 heavy (non-hydrogen) atoms. The summed E-state index contributed by atoms with van der Waals surface area (Å²) in [5.74, 6) is 1.90. The molecule has 3 nitrogen and oxygen atoms in total. The monoisotopic (exact) mass is 220 g/mol. The lowest BCUT2D eigenvalue weighted by Gasteiger charge is -2.09. The number of pyridine rings is 1. The predicted octanol–water partition coefficient (Wildman–Crippen LogP) is 2.83. The van der Waals surface area contributed by atoms with Crippen LogP contribution in [-0.2, 0) is 11.3 Å².